The lowest BCUT2D eigenvalue weighted by Gasteiger charge is -2.04. The number of fused-ring (bicyclic) bond motifs is 1. The molecule has 0 radical (unpaired) electrons. The van der Waals surface area contributed by atoms with Crippen LogP contribution in [0.3, 0.4) is 0 Å². The van der Waals surface area contributed by atoms with Gasteiger partial charge in [-0.1, -0.05) is 46.9 Å². The molecule has 0 aliphatic heterocycles. The summed E-state index contributed by atoms with van der Waals surface area (Å²) in [5.74, 6) is -0.446. The molecule has 2 aromatic carbocycles. The summed E-state index contributed by atoms with van der Waals surface area (Å²) in [5, 5.41) is 5.87. The number of hydrogen-bond acceptors (Lipinski definition) is 3. The molecule has 1 N–H and O–H groups in total. The van der Waals surface area contributed by atoms with Crippen LogP contribution in [0.5, 0.6) is 0 Å². The zero-order chi connectivity index (χ0) is 18.0. The van der Waals surface area contributed by atoms with Crippen molar-refractivity contribution in [2.45, 2.75) is 6.92 Å². The van der Waals surface area contributed by atoms with Crippen LogP contribution in [0.1, 0.15) is 21.5 Å². The highest BCUT2D eigenvalue weighted by Gasteiger charge is 2.10. The van der Waals surface area contributed by atoms with Crippen molar-refractivity contribution in [3.63, 3.8) is 0 Å². The average Bonchev–Trinajstić information content (AvgIpc) is 2.55. The standard InChI is InChI=1S/C18H12Cl3N3O/c1-10-2-3-11-7-12(17(21)23-16(11)6-10)9-22-24-18(25)14-5-4-13(19)8-15(14)20/h2-9H,1H3,(H,24,25). The normalized spacial score (nSPS) is 11.2. The smallest absolute Gasteiger partial charge is 0.267 e. The number of amides is 1. The fraction of sp³-hybridized carbons (Fsp3) is 0.0556. The summed E-state index contributed by atoms with van der Waals surface area (Å²) in [4.78, 5) is 16.4. The number of hydrogen-bond donors (Lipinski definition) is 1. The van der Waals surface area contributed by atoms with Crippen molar-refractivity contribution in [1.82, 2.24) is 10.4 Å². The Morgan fingerprint density at radius 3 is 2.68 bits per heavy atom. The summed E-state index contributed by atoms with van der Waals surface area (Å²) >= 11 is 18.0. The molecule has 0 fully saturated rings. The van der Waals surface area contributed by atoms with Gasteiger partial charge < -0.3 is 0 Å². The van der Waals surface area contributed by atoms with Crippen LogP contribution < -0.4 is 5.43 Å². The van der Waals surface area contributed by atoms with Gasteiger partial charge >= 0.3 is 0 Å². The lowest BCUT2D eigenvalue weighted by atomic mass is 10.1. The van der Waals surface area contributed by atoms with Gasteiger partial charge in [0.15, 0.2) is 0 Å². The third kappa shape index (κ3) is 4.10. The van der Waals surface area contributed by atoms with Gasteiger partial charge in [-0.2, -0.15) is 5.10 Å². The average molecular weight is 393 g/mol. The lowest BCUT2D eigenvalue weighted by molar-refractivity contribution is 0.0955. The van der Waals surface area contributed by atoms with Gasteiger partial charge in [0.05, 0.1) is 22.3 Å². The molecule has 4 nitrogen and oxygen atoms in total. The van der Waals surface area contributed by atoms with Crippen LogP contribution in [-0.4, -0.2) is 17.1 Å². The van der Waals surface area contributed by atoms with Gasteiger partial charge in [-0.25, -0.2) is 10.4 Å². The Morgan fingerprint density at radius 1 is 1.12 bits per heavy atom. The number of benzene rings is 2. The van der Waals surface area contributed by atoms with E-state index in [1.54, 1.807) is 6.07 Å². The Bertz CT molecular complexity index is 1000. The van der Waals surface area contributed by atoms with Crippen LogP contribution in [-0.2, 0) is 0 Å². The monoisotopic (exact) mass is 391 g/mol. The first kappa shape index (κ1) is 17.7. The summed E-state index contributed by atoms with van der Waals surface area (Å²) in [6.07, 6.45) is 1.44. The maximum absolute atomic E-state index is 12.1. The number of aromatic nitrogens is 1. The number of nitrogens with one attached hydrogen (secondary N) is 1. The van der Waals surface area contributed by atoms with E-state index in [0.29, 0.717) is 15.7 Å². The van der Waals surface area contributed by atoms with E-state index in [4.69, 9.17) is 34.8 Å². The second-order valence-corrected chi connectivity index (χ2v) is 6.59. The van der Waals surface area contributed by atoms with Gasteiger partial charge in [0.25, 0.3) is 5.91 Å². The summed E-state index contributed by atoms with van der Waals surface area (Å²) < 4.78 is 0. The highest BCUT2D eigenvalue weighted by atomic mass is 35.5. The Hall–Kier alpha value is -2.14. The maximum Gasteiger partial charge on any atom is 0.272 e. The Morgan fingerprint density at radius 2 is 1.92 bits per heavy atom. The van der Waals surface area contributed by atoms with Crippen molar-refractivity contribution in [3.05, 3.63) is 74.4 Å². The molecular formula is C18H12Cl3N3O. The zero-order valence-corrected chi connectivity index (χ0v) is 15.3. The van der Waals surface area contributed by atoms with Crippen LogP contribution in [0, 0.1) is 6.92 Å². The van der Waals surface area contributed by atoms with Crippen LogP contribution in [0.25, 0.3) is 10.9 Å². The molecule has 0 saturated heterocycles. The molecule has 0 saturated carbocycles. The SMILES string of the molecule is Cc1ccc2cc(C=NNC(=O)c3ccc(Cl)cc3Cl)c(Cl)nc2c1. The number of nitrogens with zero attached hydrogens (tertiary/aromatic N) is 2. The van der Waals surface area contributed by atoms with E-state index in [-0.39, 0.29) is 10.6 Å². The zero-order valence-electron chi connectivity index (χ0n) is 13.1. The van der Waals surface area contributed by atoms with Gasteiger partial charge in [0.2, 0.25) is 0 Å². The molecule has 0 aliphatic rings. The number of rotatable bonds is 3. The van der Waals surface area contributed by atoms with Gasteiger partial charge in [0.1, 0.15) is 5.15 Å². The molecule has 1 heterocycles. The molecule has 0 spiro atoms. The maximum atomic E-state index is 12.1. The first-order valence-corrected chi connectivity index (χ1v) is 8.43. The van der Waals surface area contributed by atoms with Gasteiger partial charge in [-0.3, -0.25) is 4.79 Å². The van der Waals surface area contributed by atoms with Crippen molar-refractivity contribution < 1.29 is 4.79 Å². The number of halogens is 3. The fourth-order valence-electron chi connectivity index (χ4n) is 2.25. The molecule has 7 heteroatoms. The summed E-state index contributed by atoms with van der Waals surface area (Å²) in [7, 11) is 0. The van der Waals surface area contributed by atoms with Crippen LogP contribution in [0.2, 0.25) is 15.2 Å². The molecule has 0 atom stereocenters. The number of hydrazone groups is 1. The minimum absolute atomic E-state index is 0.251. The van der Waals surface area contributed by atoms with Crippen molar-refractivity contribution >= 4 is 57.8 Å². The number of carbonyl (C=O) groups is 1. The molecule has 0 bridgehead atoms. The highest BCUT2D eigenvalue weighted by Crippen LogP contribution is 2.22. The minimum Gasteiger partial charge on any atom is -0.267 e. The van der Waals surface area contributed by atoms with Crippen molar-refractivity contribution in [2.24, 2.45) is 5.10 Å². The molecule has 3 rings (SSSR count). The molecule has 25 heavy (non-hydrogen) atoms. The van der Waals surface area contributed by atoms with Crippen molar-refractivity contribution in [3.8, 4) is 0 Å². The summed E-state index contributed by atoms with van der Waals surface area (Å²) in [5.41, 5.74) is 5.19. The fourth-order valence-corrected chi connectivity index (χ4v) is 2.94. The molecule has 126 valence electrons. The largest absolute Gasteiger partial charge is 0.272 e. The molecule has 0 aliphatic carbocycles. The van der Waals surface area contributed by atoms with Crippen LogP contribution >= 0.6 is 34.8 Å². The molecule has 0 unspecified atom stereocenters. The quantitative estimate of drug-likeness (QED) is 0.375. The van der Waals surface area contributed by atoms with E-state index in [9.17, 15) is 4.79 Å². The van der Waals surface area contributed by atoms with E-state index in [0.717, 1.165) is 16.5 Å². The van der Waals surface area contributed by atoms with E-state index in [1.807, 2.05) is 31.2 Å². The summed E-state index contributed by atoms with van der Waals surface area (Å²) in [6, 6.07) is 12.4. The third-order valence-corrected chi connectivity index (χ3v) is 4.35. The molecule has 1 aromatic heterocycles. The van der Waals surface area contributed by atoms with Crippen LogP contribution in [0.15, 0.2) is 47.6 Å². The Balaban J connectivity index is 1.80. The molecule has 3 aromatic rings. The molecular weight excluding hydrogens is 381 g/mol. The Labute approximate surface area is 159 Å². The first-order valence-electron chi connectivity index (χ1n) is 7.29. The van der Waals surface area contributed by atoms with E-state index >= 15 is 0 Å². The van der Waals surface area contributed by atoms with Crippen molar-refractivity contribution in [2.75, 3.05) is 0 Å². The van der Waals surface area contributed by atoms with E-state index in [1.165, 1.54) is 18.3 Å². The van der Waals surface area contributed by atoms with E-state index < -0.39 is 5.91 Å². The number of pyridine rings is 1. The van der Waals surface area contributed by atoms with Crippen molar-refractivity contribution in [1.29, 1.82) is 0 Å². The lowest BCUT2D eigenvalue weighted by Crippen LogP contribution is -2.18. The second-order valence-electron chi connectivity index (χ2n) is 5.39. The number of aryl methyl sites for hydroxylation is 1. The highest BCUT2D eigenvalue weighted by molar-refractivity contribution is 6.36. The Kier molecular flexibility index (Phi) is 5.23. The predicted molar refractivity (Wildman–Crippen MR) is 103 cm³/mol. The second kappa shape index (κ2) is 7.40. The number of carbonyl (C=O) groups excluding carboxylic acids is 1. The first-order chi connectivity index (χ1) is 11.9. The topological polar surface area (TPSA) is 54.4 Å². The molecule has 1 amide bonds. The third-order valence-electron chi connectivity index (χ3n) is 3.50. The van der Waals surface area contributed by atoms with Gasteiger partial charge in [0, 0.05) is 16.0 Å². The minimum atomic E-state index is -0.446. The van der Waals surface area contributed by atoms with E-state index in [2.05, 4.69) is 15.5 Å². The predicted octanol–water partition coefficient (Wildman–Crippen LogP) is 5.27. The van der Waals surface area contributed by atoms with Gasteiger partial charge in [-0.05, 0) is 42.8 Å². The van der Waals surface area contributed by atoms with Crippen LogP contribution in [0.4, 0.5) is 0 Å². The van der Waals surface area contributed by atoms with Gasteiger partial charge in [-0.15, -0.1) is 0 Å². The summed E-state index contributed by atoms with van der Waals surface area (Å²) in [6.45, 7) is 1.99.